The monoisotopic (exact) mass is 450 g/mol. The van der Waals surface area contributed by atoms with Crippen molar-refractivity contribution >= 4 is 46.6 Å². The van der Waals surface area contributed by atoms with Gasteiger partial charge in [-0.15, -0.1) is 0 Å². The Labute approximate surface area is 178 Å². The zero-order valence-electron chi connectivity index (χ0n) is 15.0. The summed E-state index contributed by atoms with van der Waals surface area (Å²) in [6, 6.07) is 15.6. The quantitative estimate of drug-likeness (QED) is 0.421. The number of carbonyl (C=O) groups excluding carboxylic acids is 1. The number of alkyl halides is 3. The second-order valence-electron chi connectivity index (χ2n) is 6.31. The van der Waals surface area contributed by atoms with Crippen LogP contribution in [-0.4, -0.2) is 17.8 Å². The van der Waals surface area contributed by atoms with Crippen molar-refractivity contribution in [3.8, 4) is 11.3 Å². The molecule has 1 aliphatic heterocycles. The van der Waals surface area contributed by atoms with Gasteiger partial charge < -0.3 is 4.42 Å². The predicted molar refractivity (Wildman–Crippen MR) is 110 cm³/mol. The van der Waals surface area contributed by atoms with Crippen molar-refractivity contribution in [2.24, 2.45) is 5.10 Å². The molecule has 0 N–H and O–H groups in total. The van der Waals surface area contributed by atoms with Crippen molar-refractivity contribution in [1.29, 1.82) is 0 Å². The summed E-state index contributed by atoms with van der Waals surface area (Å²) in [5.41, 5.74) is -1.06. The number of hydrogen-bond donors (Lipinski definition) is 0. The number of benzene rings is 2. The van der Waals surface area contributed by atoms with Gasteiger partial charge in [0.1, 0.15) is 11.5 Å². The molecule has 1 aliphatic rings. The molecule has 2 heterocycles. The van der Waals surface area contributed by atoms with Gasteiger partial charge in [-0.1, -0.05) is 23.2 Å². The Balaban J connectivity index is 1.71. The van der Waals surface area contributed by atoms with Crippen LogP contribution in [0.3, 0.4) is 0 Å². The minimum atomic E-state index is -4.83. The van der Waals surface area contributed by atoms with Crippen LogP contribution in [0.25, 0.3) is 17.4 Å². The summed E-state index contributed by atoms with van der Waals surface area (Å²) in [5.74, 6) is -0.420. The fourth-order valence-electron chi connectivity index (χ4n) is 2.85. The molecule has 2 aromatic carbocycles. The smallest absolute Gasteiger partial charge is 0.435 e. The standard InChI is InChI=1S/C21H11Cl2F3N2O2/c22-13-3-1-12(2-4-13)18-10-9-16(30-18)11-17-19(21(24,25)26)27-28(20(17)29)15-7-5-14(23)6-8-15/h1-11H. The van der Waals surface area contributed by atoms with Crippen molar-refractivity contribution in [1.82, 2.24) is 0 Å². The topological polar surface area (TPSA) is 45.8 Å². The Morgan fingerprint density at radius 1 is 0.900 bits per heavy atom. The van der Waals surface area contributed by atoms with Crippen molar-refractivity contribution in [3.63, 3.8) is 0 Å². The van der Waals surface area contributed by atoms with Crippen molar-refractivity contribution < 1.29 is 22.4 Å². The van der Waals surface area contributed by atoms with Crippen LogP contribution in [0.4, 0.5) is 18.9 Å². The van der Waals surface area contributed by atoms with Gasteiger partial charge in [0.25, 0.3) is 5.91 Å². The summed E-state index contributed by atoms with van der Waals surface area (Å²) < 4.78 is 46.2. The molecular weight excluding hydrogens is 440 g/mol. The Kier molecular flexibility index (Phi) is 5.17. The lowest BCUT2D eigenvalue weighted by atomic mass is 10.1. The maximum absolute atomic E-state index is 13.5. The predicted octanol–water partition coefficient (Wildman–Crippen LogP) is 6.60. The van der Waals surface area contributed by atoms with Crippen LogP contribution >= 0.6 is 23.2 Å². The van der Waals surface area contributed by atoms with E-state index in [1.54, 1.807) is 30.3 Å². The third-order valence-electron chi connectivity index (χ3n) is 4.26. The number of furan rings is 1. The number of amides is 1. The van der Waals surface area contributed by atoms with Gasteiger partial charge in [0.2, 0.25) is 0 Å². The average Bonchev–Trinajstić information content (AvgIpc) is 3.29. The number of hydrazone groups is 1. The van der Waals surface area contributed by atoms with Crippen molar-refractivity contribution in [2.45, 2.75) is 6.18 Å². The van der Waals surface area contributed by atoms with Gasteiger partial charge in [-0.2, -0.15) is 23.3 Å². The van der Waals surface area contributed by atoms with E-state index < -0.39 is 23.4 Å². The molecule has 0 radical (unpaired) electrons. The fraction of sp³-hybridized carbons (Fsp3) is 0.0476. The molecule has 3 aromatic rings. The Morgan fingerprint density at radius 2 is 1.50 bits per heavy atom. The summed E-state index contributed by atoms with van der Waals surface area (Å²) in [6.45, 7) is 0. The van der Waals surface area contributed by atoms with E-state index in [0.717, 1.165) is 6.08 Å². The zero-order valence-corrected chi connectivity index (χ0v) is 16.5. The summed E-state index contributed by atoms with van der Waals surface area (Å²) >= 11 is 11.7. The molecule has 4 rings (SSSR count). The summed E-state index contributed by atoms with van der Waals surface area (Å²) in [7, 11) is 0. The molecule has 9 heteroatoms. The molecule has 4 nitrogen and oxygen atoms in total. The highest BCUT2D eigenvalue weighted by molar-refractivity contribution is 6.34. The highest BCUT2D eigenvalue weighted by atomic mass is 35.5. The fourth-order valence-corrected chi connectivity index (χ4v) is 3.11. The Bertz CT molecular complexity index is 1160. The first-order valence-corrected chi connectivity index (χ1v) is 9.31. The van der Waals surface area contributed by atoms with E-state index in [0.29, 0.717) is 26.4 Å². The molecule has 0 unspecified atom stereocenters. The summed E-state index contributed by atoms with van der Waals surface area (Å²) in [4.78, 5) is 12.7. The van der Waals surface area contributed by atoms with Crippen LogP contribution in [0, 0.1) is 0 Å². The van der Waals surface area contributed by atoms with Crippen LogP contribution in [0.5, 0.6) is 0 Å². The van der Waals surface area contributed by atoms with E-state index in [-0.39, 0.29) is 11.4 Å². The number of rotatable bonds is 3. The second-order valence-corrected chi connectivity index (χ2v) is 7.18. The van der Waals surface area contributed by atoms with Gasteiger partial charge in [0, 0.05) is 15.6 Å². The van der Waals surface area contributed by atoms with Gasteiger partial charge in [-0.25, -0.2) is 0 Å². The number of carbonyl (C=O) groups is 1. The van der Waals surface area contributed by atoms with E-state index in [9.17, 15) is 18.0 Å². The first-order chi connectivity index (χ1) is 14.2. The molecule has 0 aliphatic carbocycles. The Morgan fingerprint density at radius 3 is 2.10 bits per heavy atom. The molecule has 1 aromatic heterocycles. The van der Waals surface area contributed by atoms with Crippen LogP contribution in [0.2, 0.25) is 10.0 Å². The molecule has 0 atom stereocenters. The SMILES string of the molecule is O=C1C(=Cc2ccc(-c3ccc(Cl)cc3)o2)C(C(F)(F)F)=NN1c1ccc(Cl)cc1. The summed E-state index contributed by atoms with van der Waals surface area (Å²) in [6.07, 6.45) is -3.79. The molecule has 0 fully saturated rings. The first kappa shape index (κ1) is 20.3. The minimum absolute atomic E-state index is 0.0817. The van der Waals surface area contributed by atoms with Crippen LogP contribution in [-0.2, 0) is 4.79 Å². The van der Waals surface area contributed by atoms with E-state index in [1.807, 2.05) is 0 Å². The molecule has 30 heavy (non-hydrogen) atoms. The highest BCUT2D eigenvalue weighted by Gasteiger charge is 2.47. The lowest BCUT2D eigenvalue weighted by Gasteiger charge is -2.11. The lowest BCUT2D eigenvalue weighted by Crippen LogP contribution is -2.25. The number of anilines is 1. The summed E-state index contributed by atoms with van der Waals surface area (Å²) in [5, 5.41) is 5.11. The molecule has 0 saturated heterocycles. The molecular formula is C21H11Cl2F3N2O2. The second kappa shape index (κ2) is 7.66. The number of nitrogens with zero attached hydrogens (tertiary/aromatic N) is 2. The van der Waals surface area contributed by atoms with Crippen LogP contribution in [0.15, 0.2) is 75.8 Å². The lowest BCUT2D eigenvalue weighted by molar-refractivity contribution is -0.114. The van der Waals surface area contributed by atoms with E-state index in [4.69, 9.17) is 27.6 Å². The Hall–Kier alpha value is -3.03. The molecule has 0 saturated carbocycles. The molecule has 152 valence electrons. The van der Waals surface area contributed by atoms with Gasteiger partial charge in [0.05, 0.1) is 11.3 Å². The van der Waals surface area contributed by atoms with Crippen LogP contribution < -0.4 is 5.01 Å². The van der Waals surface area contributed by atoms with Gasteiger partial charge in [0.15, 0.2) is 5.71 Å². The molecule has 0 bridgehead atoms. The molecule has 1 amide bonds. The zero-order chi connectivity index (χ0) is 21.5. The number of hydrogen-bond acceptors (Lipinski definition) is 3. The average molecular weight is 451 g/mol. The van der Waals surface area contributed by atoms with E-state index >= 15 is 0 Å². The normalized spacial score (nSPS) is 15.8. The van der Waals surface area contributed by atoms with E-state index in [2.05, 4.69) is 5.10 Å². The maximum atomic E-state index is 13.5. The van der Waals surface area contributed by atoms with Crippen molar-refractivity contribution in [3.05, 3.63) is 82.0 Å². The number of halogens is 5. The van der Waals surface area contributed by atoms with Gasteiger partial charge in [-0.3, -0.25) is 4.79 Å². The first-order valence-electron chi connectivity index (χ1n) is 8.56. The van der Waals surface area contributed by atoms with Gasteiger partial charge >= 0.3 is 6.18 Å². The van der Waals surface area contributed by atoms with Crippen molar-refractivity contribution in [2.75, 3.05) is 5.01 Å². The third kappa shape index (κ3) is 3.99. The maximum Gasteiger partial charge on any atom is 0.435 e. The third-order valence-corrected chi connectivity index (χ3v) is 4.76. The van der Waals surface area contributed by atoms with Gasteiger partial charge in [-0.05, 0) is 66.7 Å². The highest BCUT2D eigenvalue weighted by Crippen LogP contribution is 2.34. The van der Waals surface area contributed by atoms with E-state index in [1.165, 1.54) is 30.3 Å². The molecule has 0 spiro atoms. The van der Waals surface area contributed by atoms with Crippen LogP contribution in [0.1, 0.15) is 5.76 Å². The minimum Gasteiger partial charge on any atom is -0.457 e. The largest absolute Gasteiger partial charge is 0.457 e.